The molecule has 11 heavy (non-hydrogen) atoms. The fourth-order valence-electron chi connectivity index (χ4n) is 0.620. The second-order valence-corrected chi connectivity index (χ2v) is 4.70. The molecule has 0 saturated heterocycles. The van der Waals surface area contributed by atoms with Gasteiger partial charge in [-0.15, -0.1) is 9.24 Å². The predicted molar refractivity (Wildman–Crippen MR) is 54.0 cm³/mol. The van der Waals surface area contributed by atoms with Crippen LogP contribution in [0.5, 0.6) is 0 Å². The van der Waals surface area contributed by atoms with Crippen LogP contribution in [0.3, 0.4) is 0 Å². The molecule has 0 rings (SSSR count). The largest absolute Gasteiger partial charge is 0.375 e. The average Bonchev–Trinajstić information content (AvgIpc) is 1.87. The maximum atomic E-state index is 5.75. The van der Waals surface area contributed by atoms with Crippen LogP contribution in [-0.2, 0) is 4.74 Å². The molecular formula is C9H21OP. The van der Waals surface area contributed by atoms with E-state index in [0.717, 1.165) is 0 Å². The standard InChI is InChI=1S/C9H21OP/c1-6(2)7(3)10-8(4)9(5)11/h6-9H,11H2,1-5H3. The van der Waals surface area contributed by atoms with Crippen LogP contribution in [-0.4, -0.2) is 17.9 Å². The van der Waals surface area contributed by atoms with Crippen LogP contribution in [0.1, 0.15) is 34.6 Å². The summed E-state index contributed by atoms with van der Waals surface area (Å²) in [6, 6.07) is 0. The van der Waals surface area contributed by atoms with E-state index in [2.05, 4.69) is 43.9 Å². The zero-order valence-electron chi connectivity index (χ0n) is 8.29. The average molecular weight is 176 g/mol. The summed E-state index contributed by atoms with van der Waals surface area (Å²) in [5.41, 5.74) is 0.538. The number of ether oxygens (including phenoxy) is 1. The van der Waals surface area contributed by atoms with Crippen LogP contribution >= 0.6 is 9.24 Å². The molecule has 0 aliphatic carbocycles. The minimum atomic E-state index is 0.345. The van der Waals surface area contributed by atoms with Gasteiger partial charge in [0.05, 0.1) is 12.2 Å². The van der Waals surface area contributed by atoms with Crippen molar-refractivity contribution >= 4 is 9.24 Å². The quantitative estimate of drug-likeness (QED) is 0.598. The number of hydrogen-bond acceptors (Lipinski definition) is 1. The van der Waals surface area contributed by atoms with Crippen LogP contribution in [0.25, 0.3) is 0 Å². The van der Waals surface area contributed by atoms with Gasteiger partial charge in [-0.2, -0.15) is 0 Å². The zero-order chi connectivity index (χ0) is 9.02. The van der Waals surface area contributed by atoms with Crippen molar-refractivity contribution in [3.05, 3.63) is 0 Å². The Kier molecular flexibility index (Phi) is 5.29. The molecule has 0 aromatic heterocycles. The Morgan fingerprint density at radius 1 is 0.909 bits per heavy atom. The summed E-state index contributed by atoms with van der Waals surface area (Å²) in [5.74, 6) is 0.612. The van der Waals surface area contributed by atoms with Crippen molar-refractivity contribution in [2.45, 2.75) is 52.5 Å². The first-order chi connectivity index (χ1) is 4.95. The van der Waals surface area contributed by atoms with Crippen LogP contribution in [0.4, 0.5) is 0 Å². The second kappa shape index (κ2) is 5.11. The van der Waals surface area contributed by atoms with E-state index in [4.69, 9.17) is 4.74 Å². The zero-order valence-corrected chi connectivity index (χ0v) is 9.45. The van der Waals surface area contributed by atoms with Gasteiger partial charge in [0.1, 0.15) is 0 Å². The van der Waals surface area contributed by atoms with Gasteiger partial charge in [0.2, 0.25) is 0 Å². The molecule has 0 saturated carbocycles. The monoisotopic (exact) mass is 176 g/mol. The highest BCUT2D eigenvalue weighted by molar-refractivity contribution is 7.17. The van der Waals surface area contributed by atoms with Gasteiger partial charge < -0.3 is 4.74 Å². The summed E-state index contributed by atoms with van der Waals surface area (Å²) in [5, 5.41) is 0. The first-order valence-electron chi connectivity index (χ1n) is 4.36. The topological polar surface area (TPSA) is 9.23 Å². The molecule has 0 radical (unpaired) electrons. The van der Waals surface area contributed by atoms with Gasteiger partial charge >= 0.3 is 0 Å². The van der Waals surface area contributed by atoms with E-state index in [9.17, 15) is 0 Å². The lowest BCUT2D eigenvalue weighted by Gasteiger charge is -2.24. The van der Waals surface area contributed by atoms with Crippen LogP contribution < -0.4 is 0 Å². The molecule has 68 valence electrons. The van der Waals surface area contributed by atoms with Crippen molar-refractivity contribution in [2.24, 2.45) is 5.92 Å². The molecule has 0 aromatic rings. The van der Waals surface area contributed by atoms with Gasteiger partial charge in [-0.1, -0.05) is 20.8 Å². The molecule has 4 unspecified atom stereocenters. The lowest BCUT2D eigenvalue weighted by Crippen LogP contribution is -2.26. The van der Waals surface area contributed by atoms with E-state index in [0.29, 0.717) is 23.8 Å². The molecule has 0 N–H and O–H groups in total. The molecular weight excluding hydrogens is 155 g/mol. The third-order valence-electron chi connectivity index (χ3n) is 2.11. The smallest absolute Gasteiger partial charge is 0.0610 e. The van der Waals surface area contributed by atoms with Crippen molar-refractivity contribution in [1.29, 1.82) is 0 Å². The van der Waals surface area contributed by atoms with E-state index in [1.807, 2.05) is 0 Å². The summed E-state index contributed by atoms with van der Waals surface area (Å²) in [6.07, 6.45) is 0.713. The third-order valence-corrected chi connectivity index (χ3v) is 2.65. The molecule has 4 atom stereocenters. The number of hydrogen-bond donors (Lipinski definition) is 0. The van der Waals surface area contributed by atoms with E-state index in [1.54, 1.807) is 0 Å². The highest BCUT2D eigenvalue weighted by atomic mass is 31.0. The summed E-state index contributed by atoms with van der Waals surface area (Å²) in [7, 11) is 2.77. The van der Waals surface area contributed by atoms with Crippen LogP contribution in [0, 0.1) is 5.92 Å². The van der Waals surface area contributed by atoms with E-state index in [-0.39, 0.29) is 0 Å². The van der Waals surface area contributed by atoms with Crippen LogP contribution in [0.15, 0.2) is 0 Å². The highest BCUT2D eigenvalue weighted by Gasteiger charge is 2.14. The van der Waals surface area contributed by atoms with Crippen molar-refractivity contribution in [3.63, 3.8) is 0 Å². The fourth-order valence-corrected chi connectivity index (χ4v) is 0.710. The first kappa shape index (κ1) is 11.4. The lowest BCUT2D eigenvalue weighted by molar-refractivity contribution is -0.0145. The molecule has 1 nitrogen and oxygen atoms in total. The third kappa shape index (κ3) is 4.76. The van der Waals surface area contributed by atoms with Gasteiger partial charge in [-0.05, 0) is 25.4 Å². The normalized spacial score (nSPS) is 19.9. The molecule has 0 aromatic carbocycles. The summed E-state index contributed by atoms with van der Waals surface area (Å²) in [6.45, 7) is 10.8. The fraction of sp³-hybridized carbons (Fsp3) is 1.00. The van der Waals surface area contributed by atoms with Crippen molar-refractivity contribution in [2.75, 3.05) is 0 Å². The summed E-state index contributed by atoms with van der Waals surface area (Å²) < 4.78 is 5.75. The molecule has 0 spiro atoms. The van der Waals surface area contributed by atoms with Gasteiger partial charge in [0, 0.05) is 0 Å². The maximum Gasteiger partial charge on any atom is 0.0610 e. The Hall–Kier alpha value is 0.390. The van der Waals surface area contributed by atoms with Crippen molar-refractivity contribution in [3.8, 4) is 0 Å². The van der Waals surface area contributed by atoms with E-state index < -0.39 is 0 Å². The highest BCUT2D eigenvalue weighted by Crippen LogP contribution is 2.14. The van der Waals surface area contributed by atoms with Gasteiger partial charge in [0.15, 0.2) is 0 Å². The molecule has 0 bridgehead atoms. The van der Waals surface area contributed by atoms with Gasteiger partial charge in [-0.25, -0.2) is 0 Å². The molecule has 0 fully saturated rings. The van der Waals surface area contributed by atoms with Crippen molar-refractivity contribution in [1.82, 2.24) is 0 Å². The molecule has 2 heteroatoms. The number of rotatable bonds is 4. The van der Waals surface area contributed by atoms with Gasteiger partial charge in [-0.3, -0.25) is 0 Å². The maximum absolute atomic E-state index is 5.75. The Labute approximate surface area is 73.1 Å². The lowest BCUT2D eigenvalue weighted by atomic mass is 10.1. The van der Waals surface area contributed by atoms with E-state index >= 15 is 0 Å². The Morgan fingerprint density at radius 3 is 1.64 bits per heavy atom. The summed E-state index contributed by atoms with van der Waals surface area (Å²) >= 11 is 0. The Balaban J connectivity index is 3.66. The Morgan fingerprint density at radius 2 is 1.36 bits per heavy atom. The predicted octanol–water partition coefficient (Wildman–Crippen LogP) is 2.70. The summed E-state index contributed by atoms with van der Waals surface area (Å²) in [4.78, 5) is 0. The SMILES string of the molecule is CC(C)C(C)OC(C)C(C)P. The first-order valence-corrected chi connectivity index (χ1v) is 5.02. The van der Waals surface area contributed by atoms with Crippen molar-refractivity contribution < 1.29 is 4.74 Å². The minimum Gasteiger partial charge on any atom is -0.375 e. The second-order valence-electron chi connectivity index (χ2n) is 3.65. The Bertz CT molecular complexity index is 89.7. The van der Waals surface area contributed by atoms with Gasteiger partial charge in [0.25, 0.3) is 0 Å². The molecule has 0 aliphatic heterocycles. The van der Waals surface area contributed by atoms with E-state index in [1.165, 1.54) is 0 Å². The van der Waals surface area contributed by atoms with Crippen LogP contribution in [0.2, 0.25) is 0 Å². The molecule has 0 heterocycles. The molecule has 0 aliphatic rings. The molecule has 0 amide bonds. The minimum absolute atomic E-state index is 0.345.